The highest BCUT2D eigenvalue weighted by molar-refractivity contribution is 5.90. The second kappa shape index (κ2) is 25.8. The van der Waals surface area contributed by atoms with Crippen molar-refractivity contribution in [3.63, 3.8) is 0 Å². The van der Waals surface area contributed by atoms with Crippen molar-refractivity contribution in [2.75, 3.05) is 19.8 Å². The van der Waals surface area contributed by atoms with E-state index >= 15 is 0 Å². The third-order valence-electron chi connectivity index (χ3n) is 15.0. The summed E-state index contributed by atoms with van der Waals surface area (Å²) in [7, 11) is 0. The Hall–Kier alpha value is -5.84. The lowest BCUT2D eigenvalue weighted by atomic mass is 9.83. The molecule has 0 aliphatic carbocycles. The van der Waals surface area contributed by atoms with Crippen LogP contribution < -0.4 is 0 Å². The molecule has 15 atom stereocenters. The number of hydrogen-bond donors (Lipinski definition) is 1. The number of rotatable bonds is 20. The van der Waals surface area contributed by atoms with Crippen molar-refractivity contribution in [1.29, 1.82) is 0 Å². The first kappa shape index (κ1) is 54.0. The van der Waals surface area contributed by atoms with E-state index in [-0.39, 0.29) is 38.3 Å². The Kier molecular flexibility index (Phi) is 18.6. The number of aliphatic hydroxyl groups excluding tert-OH is 1. The van der Waals surface area contributed by atoms with Crippen LogP contribution in [0.3, 0.4) is 0 Å². The standard InChI is InChI=1S/C62H70O13/c1-39-51(36-66-33-44-20-10-6-11-21-44)70-58(63)42(4)54(39)74-61-43(5)55(40(2)53(71-61)38-69-59(64)48-25-14-8-15-26-48)75-62-57(73-60(65)49-27-16-9-17-28-49)56(68-35-46-30-31-47-24-18-19-29-50(47)32-46)41(3)52(72-62)37-67-34-45-22-12-7-13-23-45/h6-32,39-43,51-58,61-63H,33-38H2,1-5H3/t39-,40?,41-,42?,43?,51?,52?,53?,54-,55?,56-,57?,58?,61?,62-/m0/s1. The molecular weight excluding hydrogens is 953 g/mol. The van der Waals surface area contributed by atoms with Crippen LogP contribution in [0.5, 0.6) is 0 Å². The average molecular weight is 1020 g/mol. The Labute approximate surface area is 440 Å². The molecule has 3 fully saturated rings. The molecule has 13 nitrogen and oxygen atoms in total. The Balaban J connectivity index is 1.02. The van der Waals surface area contributed by atoms with Gasteiger partial charge in [0, 0.05) is 29.6 Å². The molecule has 1 N–H and O–H groups in total. The molecule has 6 aromatic carbocycles. The molecule has 0 bridgehead atoms. The van der Waals surface area contributed by atoms with Crippen molar-refractivity contribution < 1.29 is 62.1 Å². The summed E-state index contributed by atoms with van der Waals surface area (Å²) >= 11 is 0. The van der Waals surface area contributed by atoms with Gasteiger partial charge in [0.15, 0.2) is 25.0 Å². The van der Waals surface area contributed by atoms with Gasteiger partial charge in [-0.15, -0.1) is 0 Å². The monoisotopic (exact) mass is 1020 g/mol. The summed E-state index contributed by atoms with van der Waals surface area (Å²) in [6, 6.07) is 51.8. The Morgan fingerprint density at radius 3 is 1.53 bits per heavy atom. The maximum atomic E-state index is 14.3. The van der Waals surface area contributed by atoms with Crippen LogP contribution in [0.15, 0.2) is 164 Å². The van der Waals surface area contributed by atoms with Crippen LogP contribution in [-0.2, 0) is 67.2 Å². The van der Waals surface area contributed by atoms with Crippen LogP contribution in [0.1, 0.15) is 72.0 Å². The van der Waals surface area contributed by atoms with E-state index in [9.17, 15) is 14.7 Å². The lowest BCUT2D eigenvalue weighted by Crippen LogP contribution is -2.61. The number of carbonyl (C=O) groups excluding carboxylic acids is 2. The fraction of sp³-hybridized carbons (Fsp3) is 0.419. The van der Waals surface area contributed by atoms with E-state index in [1.807, 2.05) is 126 Å². The van der Waals surface area contributed by atoms with Crippen molar-refractivity contribution in [2.45, 2.75) is 116 Å². The van der Waals surface area contributed by atoms with Gasteiger partial charge in [0.25, 0.3) is 0 Å². The summed E-state index contributed by atoms with van der Waals surface area (Å²) < 4.78 is 66.3. The molecule has 10 unspecified atom stereocenters. The van der Waals surface area contributed by atoms with Crippen LogP contribution in [-0.4, -0.2) is 98.5 Å². The normalized spacial score (nSPS) is 29.9. The fourth-order valence-corrected chi connectivity index (χ4v) is 10.4. The highest BCUT2D eigenvalue weighted by Gasteiger charge is 2.53. The Bertz CT molecular complexity index is 2710. The van der Waals surface area contributed by atoms with Gasteiger partial charge in [-0.2, -0.15) is 0 Å². The minimum atomic E-state index is -1.18. The van der Waals surface area contributed by atoms with E-state index < -0.39 is 91.3 Å². The van der Waals surface area contributed by atoms with Crippen molar-refractivity contribution in [2.24, 2.45) is 29.6 Å². The molecule has 6 aromatic rings. The zero-order valence-corrected chi connectivity index (χ0v) is 43.3. The minimum Gasteiger partial charge on any atom is -0.459 e. The zero-order chi connectivity index (χ0) is 52.3. The maximum absolute atomic E-state index is 14.3. The second-order valence-electron chi connectivity index (χ2n) is 20.3. The van der Waals surface area contributed by atoms with Gasteiger partial charge in [0.1, 0.15) is 12.7 Å². The lowest BCUT2D eigenvalue weighted by Gasteiger charge is -2.50. The highest BCUT2D eigenvalue weighted by Crippen LogP contribution is 2.41. The predicted molar refractivity (Wildman–Crippen MR) is 281 cm³/mol. The second-order valence-corrected chi connectivity index (χ2v) is 20.3. The summed E-state index contributed by atoms with van der Waals surface area (Å²) in [5.74, 6) is -3.06. The summed E-state index contributed by atoms with van der Waals surface area (Å²) in [6.45, 7) is 11.1. The SMILES string of the molecule is CC1C(COC(=O)c2ccccc2)OC(O[C@@H]2C(C)C(O)OC(COCc3ccccc3)[C@@H]2C)C(C)C1O[C@@H]1OC(COCc2ccccc2)[C@H](C)[C@H](OCc2ccc3ccccc3c2)C1OC(=O)c1ccccc1. The zero-order valence-electron chi connectivity index (χ0n) is 43.3. The highest BCUT2D eigenvalue weighted by atomic mass is 16.7. The van der Waals surface area contributed by atoms with Gasteiger partial charge in [-0.05, 0) is 57.8 Å². The predicted octanol–water partition coefficient (Wildman–Crippen LogP) is 10.4. The molecule has 3 heterocycles. The average Bonchev–Trinajstić information content (AvgIpc) is 3.44. The molecule has 0 amide bonds. The first-order valence-corrected chi connectivity index (χ1v) is 26.3. The number of ether oxygens (including phenoxy) is 10. The molecule has 0 saturated carbocycles. The molecule has 75 heavy (non-hydrogen) atoms. The summed E-state index contributed by atoms with van der Waals surface area (Å²) in [6.07, 6.45) is -8.13. The fourth-order valence-electron chi connectivity index (χ4n) is 10.4. The molecule has 3 aliphatic rings. The molecule has 396 valence electrons. The molecule has 9 rings (SSSR count). The molecular formula is C62H70O13. The summed E-state index contributed by atoms with van der Waals surface area (Å²) in [5.41, 5.74) is 3.74. The van der Waals surface area contributed by atoms with Crippen LogP contribution in [0, 0.1) is 29.6 Å². The lowest BCUT2D eigenvalue weighted by molar-refractivity contribution is -0.356. The molecule has 13 heteroatoms. The van der Waals surface area contributed by atoms with Gasteiger partial charge in [-0.25, -0.2) is 9.59 Å². The molecule has 0 radical (unpaired) electrons. The first-order chi connectivity index (χ1) is 36.5. The van der Waals surface area contributed by atoms with E-state index in [0.29, 0.717) is 24.3 Å². The van der Waals surface area contributed by atoms with Gasteiger partial charge in [-0.3, -0.25) is 0 Å². The van der Waals surface area contributed by atoms with Gasteiger partial charge in [0.05, 0.1) is 74.7 Å². The van der Waals surface area contributed by atoms with Crippen molar-refractivity contribution in [1.82, 2.24) is 0 Å². The van der Waals surface area contributed by atoms with Crippen molar-refractivity contribution >= 4 is 22.7 Å². The van der Waals surface area contributed by atoms with Gasteiger partial charge in [0.2, 0.25) is 0 Å². The van der Waals surface area contributed by atoms with Crippen LogP contribution in [0.2, 0.25) is 0 Å². The maximum Gasteiger partial charge on any atom is 0.338 e. The summed E-state index contributed by atoms with van der Waals surface area (Å²) in [4.78, 5) is 27.7. The van der Waals surface area contributed by atoms with Crippen molar-refractivity contribution in [3.8, 4) is 0 Å². The van der Waals surface area contributed by atoms with Gasteiger partial charge in [-0.1, -0.05) is 168 Å². The number of benzene rings is 6. The van der Waals surface area contributed by atoms with E-state index in [4.69, 9.17) is 47.4 Å². The number of fused-ring (bicyclic) bond motifs is 1. The molecule has 0 spiro atoms. The van der Waals surface area contributed by atoms with Crippen LogP contribution >= 0.6 is 0 Å². The summed E-state index contributed by atoms with van der Waals surface area (Å²) in [5, 5.41) is 13.5. The van der Waals surface area contributed by atoms with Crippen molar-refractivity contribution in [3.05, 3.63) is 192 Å². The van der Waals surface area contributed by atoms with Gasteiger partial charge < -0.3 is 52.5 Å². The van der Waals surface area contributed by atoms with Crippen LogP contribution in [0.4, 0.5) is 0 Å². The Morgan fingerprint density at radius 1 is 0.440 bits per heavy atom. The topological polar surface area (TPSA) is 147 Å². The molecule has 3 aliphatic heterocycles. The van der Waals surface area contributed by atoms with E-state index in [1.165, 1.54) is 0 Å². The third-order valence-corrected chi connectivity index (χ3v) is 15.0. The number of hydrogen-bond acceptors (Lipinski definition) is 13. The quantitative estimate of drug-likeness (QED) is 0.0725. The van der Waals surface area contributed by atoms with E-state index in [1.54, 1.807) is 48.5 Å². The number of carbonyl (C=O) groups is 2. The molecule has 3 saturated heterocycles. The third kappa shape index (κ3) is 13.6. The molecule has 0 aromatic heterocycles. The Morgan fingerprint density at radius 2 is 0.920 bits per heavy atom. The van der Waals surface area contributed by atoms with Crippen LogP contribution in [0.25, 0.3) is 10.8 Å². The first-order valence-electron chi connectivity index (χ1n) is 26.3. The number of esters is 2. The number of aliphatic hydroxyl groups is 1. The largest absolute Gasteiger partial charge is 0.459 e. The van der Waals surface area contributed by atoms with Gasteiger partial charge >= 0.3 is 11.9 Å². The van der Waals surface area contributed by atoms with E-state index in [2.05, 4.69) is 24.3 Å². The van der Waals surface area contributed by atoms with E-state index in [0.717, 1.165) is 27.5 Å². The smallest absolute Gasteiger partial charge is 0.338 e. The minimum absolute atomic E-state index is 0.124.